The first-order valence-electron chi connectivity index (χ1n) is 11.3. The van der Waals surface area contributed by atoms with E-state index in [0.717, 1.165) is 12.8 Å². The van der Waals surface area contributed by atoms with Crippen molar-refractivity contribution in [3.63, 3.8) is 0 Å². The number of nitrogens with zero attached hydrogens (tertiary/aromatic N) is 1. The van der Waals surface area contributed by atoms with Gasteiger partial charge in [0.05, 0.1) is 6.07 Å². The molecule has 0 saturated heterocycles. The Morgan fingerprint density at radius 1 is 0.375 bits per heavy atom. The van der Waals surface area contributed by atoms with Crippen molar-refractivity contribution in [1.82, 2.24) is 0 Å². The van der Waals surface area contributed by atoms with Gasteiger partial charge in [-0.1, -0.05) is 122 Å². The van der Waals surface area contributed by atoms with Crippen LogP contribution in [0.25, 0.3) is 0 Å². The number of hydrogen-bond donors (Lipinski definition) is 0. The molecule has 1 saturated carbocycles. The van der Waals surface area contributed by atoms with Crippen LogP contribution in [0.4, 0.5) is 0 Å². The van der Waals surface area contributed by atoms with Crippen LogP contribution in [0, 0.1) is 17.2 Å². The monoisotopic (exact) mass is 333 g/mol. The molecule has 1 fully saturated rings. The second kappa shape index (κ2) is 17.3. The summed E-state index contributed by atoms with van der Waals surface area (Å²) in [6.07, 6.45) is 29.1. The van der Waals surface area contributed by atoms with E-state index in [1.807, 2.05) is 0 Å². The molecule has 0 N–H and O–H groups in total. The molecule has 140 valence electrons. The molecule has 1 heteroatoms. The van der Waals surface area contributed by atoms with Gasteiger partial charge in [0.25, 0.3) is 0 Å². The molecule has 0 amide bonds. The van der Waals surface area contributed by atoms with E-state index in [9.17, 15) is 5.26 Å². The summed E-state index contributed by atoms with van der Waals surface area (Å²) in [5.74, 6) is 0.336. The first-order chi connectivity index (χ1) is 11.9. The maximum absolute atomic E-state index is 9.30. The van der Waals surface area contributed by atoms with Gasteiger partial charge in [-0.05, 0) is 12.8 Å². The highest BCUT2D eigenvalue weighted by Gasteiger charge is 2.06. The highest BCUT2D eigenvalue weighted by molar-refractivity contribution is 4.82. The van der Waals surface area contributed by atoms with E-state index in [0.29, 0.717) is 5.92 Å². The second-order valence-electron chi connectivity index (χ2n) is 8.12. The summed E-state index contributed by atoms with van der Waals surface area (Å²) in [4.78, 5) is 0. The molecule has 1 rings (SSSR count). The first-order valence-corrected chi connectivity index (χ1v) is 11.3. The van der Waals surface area contributed by atoms with Crippen LogP contribution in [0.5, 0.6) is 0 Å². The molecule has 1 aliphatic carbocycles. The van der Waals surface area contributed by atoms with E-state index in [2.05, 4.69) is 6.07 Å². The molecule has 24 heavy (non-hydrogen) atoms. The van der Waals surface area contributed by atoms with Crippen LogP contribution >= 0.6 is 0 Å². The van der Waals surface area contributed by atoms with E-state index < -0.39 is 0 Å². The average molecular weight is 334 g/mol. The van der Waals surface area contributed by atoms with Crippen molar-refractivity contribution in [3.8, 4) is 6.07 Å². The lowest BCUT2D eigenvalue weighted by atomic mass is 9.95. The Balaban J connectivity index is 2.14. The van der Waals surface area contributed by atoms with Crippen LogP contribution in [0.1, 0.15) is 135 Å². The Morgan fingerprint density at radius 3 is 0.792 bits per heavy atom. The summed E-state index contributed by atoms with van der Waals surface area (Å²) in [7, 11) is 0. The molecule has 0 aliphatic heterocycles. The molecule has 0 unspecified atom stereocenters. The lowest BCUT2D eigenvalue weighted by Gasteiger charge is -2.09. The molecule has 0 bridgehead atoms. The topological polar surface area (TPSA) is 23.8 Å². The van der Waals surface area contributed by atoms with Crippen LogP contribution in [-0.4, -0.2) is 0 Å². The minimum Gasteiger partial charge on any atom is -0.198 e. The van der Waals surface area contributed by atoms with E-state index in [1.54, 1.807) is 0 Å². The molecule has 1 aliphatic rings. The fraction of sp³-hybridized carbons (Fsp3) is 0.957. The molecular weight excluding hydrogens is 290 g/mol. The summed E-state index contributed by atoms with van der Waals surface area (Å²) in [6, 6.07) is 2.55. The van der Waals surface area contributed by atoms with Crippen molar-refractivity contribution in [3.05, 3.63) is 0 Å². The standard InChI is InChI=1S/C23H43N/c24-22-23-20-18-16-14-12-10-8-6-4-2-1-3-5-7-9-11-13-15-17-19-21-23/h23H,1-21H2. The lowest BCUT2D eigenvalue weighted by Crippen LogP contribution is -1.97. The maximum Gasteiger partial charge on any atom is 0.0655 e. The SMILES string of the molecule is N#CC1CCCCCCCCCCCCCCCCCCCCC1. The number of rotatable bonds is 0. The Hall–Kier alpha value is -0.510. The van der Waals surface area contributed by atoms with Crippen LogP contribution < -0.4 is 0 Å². The highest BCUT2D eigenvalue weighted by atomic mass is 14.3. The third kappa shape index (κ3) is 13.9. The summed E-state index contributed by atoms with van der Waals surface area (Å²) < 4.78 is 0. The van der Waals surface area contributed by atoms with Gasteiger partial charge in [0, 0.05) is 5.92 Å². The molecule has 0 aromatic carbocycles. The quantitative estimate of drug-likeness (QED) is 0.437. The molecule has 0 heterocycles. The van der Waals surface area contributed by atoms with E-state index in [4.69, 9.17) is 0 Å². The number of nitriles is 1. The first kappa shape index (κ1) is 21.5. The average Bonchev–Trinajstić information content (AvgIpc) is 2.60. The van der Waals surface area contributed by atoms with Crippen LogP contribution in [0.3, 0.4) is 0 Å². The molecule has 1 nitrogen and oxygen atoms in total. The predicted molar refractivity (Wildman–Crippen MR) is 106 cm³/mol. The Morgan fingerprint density at radius 2 is 0.583 bits per heavy atom. The number of hydrogen-bond acceptors (Lipinski definition) is 1. The van der Waals surface area contributed by atoms with E-state index in [-0.39, 0.29) is 0 Å². The van der Waals surface area contributed by atoms with Crippen LogP contribution in [-0.2, 0) is 0 Å². The third-order valence-corrected chi connectivity index (χ3v) is 5.79. The van der Waals surface area contributed by atoms with E-state index >= 15 is 0 Å². The normalized spacial score (nSPS) is 23.5. The molecule has 0 spiro atoms. The van der Waals surface area contributed by atoms with Crippen molar-refractivity contribution in [2.75, 3.05) is 0 Å². The van der Waals surface area contributed by atoms with Crippen LogP contribution in [0.2, 0.25) is 0 Å². The molecule has 0 atom stereocenters. The molecular formula is C23H43N. The highest BCUT2D eigenvalue weighted by Crippen LogP contribution is 2.19. The fourth-order valence-electron chi connectivity index (χ4n) is 4.06. The summed E-state index contributed by atoms with van der Waals surface area (Å²) in [5.41, 5.74) is 0. The van der Waals surface area contributed by atoms with Gasteiger partial charge in [0.1, 0.15) is 0 Å². The maximum atomic E-state index is 9.30. The van der Waals surface area contributed by atoms with Gasteiger partial charge < -0.3 is 0 Å². The zero-order valence-electron chi connectivity index (χ0n) is 16.4. The Labute approximate surface area is 152 Å². The lowest BCUT2D eigenvalue weighted by molar-refractivity contribution is 0.465. The van der Waals surface area contributed by atoms with Crippen LogP contribution in [0.15, 0.2) is 0 Å². The second-order valence-corrected chi connectivity index (χ2v) is 8.12. The fourth-order valence-corrected chi connectivity index (χ4v) is 4.06. The Kier molecular flexibility index (Phi) is 15.5. The summed E-state index contributed by atoms with van der Waals surface area (Å²) in [5, 5.41) is 9.30. The van der Waals surface area contributed by atoms with Gasteiger partial charge in [-0.2, -0.15) is 5.26 Å². The van der Waals surface area contributed by atoms with Crippen molar-refractivity contribution in [2.24, 2.45) is 5.92 Å². The zero-order valence-corrected chi connectivity index (χ0v) is 16.4. The zero-order chi connectivity index (χ0) is 17.1. The van der Waals surface area contributed by atoms with Gasteiger partial charge in [-0.15, -0.1) is 0 Å². The van der Waals surface area contributed by atoms with Crippen molar-refractivity contribution >= 4 is 0 Å². The smallest absolute Gasteiger partial charge is 0.0655 e. The van der Waals surface area contributed by atoms with Gasteiger partial charge in [0.2, 0.25) is 0 Å². The van der Waals surface area contributed by atoms with Gasteiger partial charge in [0.15, 0.2) is 0 Å². The van der Waals surface area contributed by atoms with Gasteiger partial charge in [-0.3, -0.25) is 0 Å². The molecule has 0 aromatic heterocycles. The van der Waals surface area contributed by atoms with Gasteiger partial charge in [-0.25, -0.2) is 0 Å². The third-order valence-electron chi connectivity index (χ3n) is 5.79. The van der Waals surface area contributed by atoms with Crippen molar-refractivity contribution < 1.29 is 0 Å². The molecule has 0 aromatic rings. The van der Waals surface area contributed by atoms with E-state index in [1.165, 1.54) is 122 Å². The van der Waals surface area contributed by atoms with Crippen molar-refractivity contribution in [1.29, 1.82) is 5.26 Å². The van der Waals surface area contributed by atoms with Gasteiger partial charge >= 0.3 is 0 Å². The molecule has 0 radical (unpaired) electrons. The predicted octanol–water partition coefficient (Wildman–Crippen LogP) is 8.33. The largest absolute Gasteiger partial charge is 0.198 e. The summed E-state index contributed by atoms with van der Waals surface area (Å²) >= 11 is 0. The summed E-state index contributed by atoms with van der Waals surface area (Å²) in [6.45, 7) is 0. The van der Waals surface area contributed by atoms with Crippen molar-refractivity contribution in [2.45, 2.75) is 135 Å². The minimum atomic E-state index is 0.336. The minimum absolute atomic E-state index is 0.336. The Bertz CT molecular complexity index is 269.